The Balaban J connectivity index is 1.83. The van der Waals surface area contributed by atoms with E-state index in [1.807, 2.05) is 13.0 Å². The Labute approximate surface area is 165 Å². The average molecular weight is 400 g/mol. The van der Waals surface area contributed by atoms with Gasteiger partial charge >= 0.3 is 0 Å². The van der Waals surface area contributed by atoms with Gasteiger partial charge in [0.05, 0.1) is 11.7 Å². The van der Waals surface area contributed by atoms with Gasteiger partial charge in [-0.2, -0.15) is 13.7 Å². The first-order valence-electron chi connectivity index (χ1n) is 8.55. The number of primary amides is 2. The lowest BCUT2D eigenvalue weighted by Gasteiger charge is -2.17. The monoisotopic (exact) mass is 400 g/mol. The Hall–Kier alpha value is -3.34. The van der Waals surface area contributed by atoms with Crippen molar-refractivity contribution in [3.8, 4) is 0 Å². The van der Waals surface area contributed by atoms with Crippen LogP contribution in [-0.2, 0) is 4.79 Å². The maximum absolute atomic E-state index is 11.7. The second-order valence-corrected chi connectivity index (χ2v) is 7.03. The second kappa shape index (κ2) is 8.13. The molecule has 0 bridgehead atoms. The number of nitrogens with two attached hydrogens (primary N) is 2. The molecule has 2 atom stereocenters. The molecule has 0 radical (unpaired) electrons. The van der Waals surface area contributed by atoms with E-state index >= 15 is 0 Å². The van der Waals surface area contributed by atoms with Crippen LogP contribution < -0.4 is 22.1 Å². The van der Waals surface area contributed by atoms with E-state index in [0.29, 0.717) is 18.1 Å². The van der Waals surface area contributed by atoms with E-state index in [2.05, 4.69) is 29.3 Å². The summed E-state index contributed by atoms with van der Waals surface area (Å²) in [4.78, 5) is 31.5. The highest BCUT2D eigenvalue weighted by Gasteiger charge is 2.17. The molecule has 10 nitrogen and oxygen atoms in total. The van der Waals surface area contributed by atoms with Gasteiger partial charge in [0.1, 0.15) is 22.4 Å². The normalized spacial score (nSPS) is 13.1. The minimum atomic E-state index is -0.652. The Morgan fingerprint density at radius 2 is 1.93 bits per heavy atom. The fourth-order valence-electron chi connectivity index (χ4n) is 2.65. The maximum atomic E-state index is 11.7. The van der Waals surface area contributed by atoms with Crippen molar-refractivity contribution in [1.82, 2.24) is 18.7 Å². The zero-order chi connectivity index (χ0) is 20.3. The molecule has 0 aliphatic carbocycles. The van der Waals surface area contributed by atoms with Crippen LogP contribution in [0.4, 0.5) is 17.5 Å². The van der Waals surface area contributed by atoms with Gasteiger partial charge in [0, 0.05) is 23.8 Å². The van der Waals surface area contributed by atoms with Gasteiger partial charge in [-0.15, -0.1) is 0 Å². The summed E-state index contributed by atoms with van der Waals surface area (Å²) in [7, 11) is 0. The SMILES string of the molecule is CC(CC(C)C(N)=O)Nc1ncc(C(N)=O)c(Nc2ccc3nsnc3c2)n1. The van der Waals surface area contributed by atoms with Crippen molar-refractivity contribution in [1.29, 1.82) is 0 Å². The summed E-state index contributed by atoms with van der Waals surface area (Å²) in [6.07, 6.45) is 1.87. The topological polar surface area (TPSA) is 162 Å². The minimum Gasteiger partial charge on any atom is -0.369 e. The van der Waals surface area contributed by atoms with Crippen LogP contribution in [0.15, 0.2) is 24.4 Å². The lowest BCUT2D eigenvalue weighted by Crippen LogP contribution is -2.28. The third-order valence-corrected chi connectivity index (χ3v) is 4.70. The highest BCUT2D eigenvalue weighted by molar-refractivity contribution is 7.00. The minimum absolute atomic E-state index is 0.104. The molecule has 0 aliphatic heterocycles. The van der Waals surface area contributed by atoms with Crippen LogP contribution in [0.1, 0.15) is 30.6 Å². The number of fused-ring (bicyclic) bond motifs is 1. The molecule has 3 rings (SSSR count). The van der Waals surface area contributed by atoms with Crippen molar-refractivity contribution in [2.75, 3.05) is 10.6 Å². The van der Waals surface area contributed by atoms with E-state index in [9.17, 15) is 9.59 Å². The molecule has 146 valence electrons. The Morgan fingerprint density at radius 1 is 1.18 bits per heavy atom. The number of rotatable bonds is 8. The highest BCUT2D eigenvalue weighted by Crippen LogP contribution is 2.23. The first kappa shape index (κ1) is 19.4. The molecule has 28 heavy (non-hydrogen) atoms. The largest absolute Gasteiger partial charge is 0.369 e. The third kappa shape index (κ3) is 4.49. The summed E-state index contributed by atoms with van der Waals surface area (Å²) in [6.45, 7) is 3.65. The molecule has 0 aliphatic rings. The van der Waals surface area contributed by atoms with Crippen LogP contribution >= 0.6 is 11.7 Å². The standard InChI is InChI=1S/C17H20N8O2S/c1-8(14(18)26)5-9(2)21-17-20-7-11(15(19)27)16(23-17)22-10-3-4-12-13(6-10)25-28-24-12/h3-4,6-9H,5H2,1-2H3,(H2,18,26)(H2,19,27)(H2,20,21,22,23). The van der Waals surface area contributed by atoms with Crippen LogP contribution in [0, 0.1) is 5.92 Å². The van der Waals surface area contributed by atoms with Gasteiger partial charge in [0.25, 0.3) is 5.91 Å². The summed E-state index contributed by atoms with van der Waals surface area (Å²) in [5.41, 5.74) is 13.1. The van der Waals surface area contributed by atoms with E-state index in [0.717, 1.165) is 22.8 Å². The van der Waals surface area contributed by atoms with Crippen LogP contribution in [0.2, 0.25) is 0 Å². The molecule has 2 unspecified atom stereocenters. The molecule has 11 heteroatoms. The van der Waals surface area contributed by atoms with Crippen molar-refractivity contribution in [3.05, 3.63) is 30.0 Å². The van der Waals surface area contributed by atoms with Crippen molar-refractivity contribution in [2.24, 2.45) is 17.4 Å². The van der Waals surface area contributed by atoms with Gasteiger partial charge in [0.2, 0.25) is 11.9 Å². The predicted molar refractivity (Wildman–Crippen MR) is 107 cm³/mol. The number of nitrogens with zero attached hydrogens (tertiary/aromatic N) is 4. The van der Waals surface area contributed by atoms with Crippen LogP contribution in [-0.4, -0.2) is 36.6 Å². The number of carbonyl (C=O) groups is 2. The van der Waals surface area contributed by atoms with E-state index in [1.54, 1.807) is 19.1 Å². The zero-order valence-corrected chi connectivity index (χ0v) is 16.2. The molecular weight excluding hydrogens is 380 g/mol. The van der Waals surface area contributed by atoms with Gasteiger partial charge in [-0.3, -0.25) is 9.59 Å². The first-order chi connectivity index (χ1) is 13.3. The number of benzene rings is 1. The molecule has 2 amide bonds. The number of anilines is 3. The highest BCUT2D eigenvalue weighted by atomic mass is 32.1. The predicted octanol–water partition coefficient (Wildman–Crippen LogP) is 1.64. The van der Waals surface area contributed by atoms with Crippen LogP contribution in [0.3, 0.4) is 0 Å². The molecule has 0 spiro atoms. The lowest BCUT2D eigenvalue weighted by molar-refractivity contribution is -0.121. The second-order valence-electron chi connectivity index (χ2n) is 6.50. The van der Waals surface area contributed by atoms with Gasteiger partial charge in [-0.1, -0.05) is 6.92 Å². The lowest BCUT2D eigenvalue weighted by atomic mass is 10.0. The maximum Gasteiger partial charge on any atom is 0.254 e. The van der Waals surface area contributed by atoms with Crippen molar-refractivity contribution in [2.45, 2.75) is 26.3 Å². The first-order valence-corrected chi connectivity index (χ1v) is 9.28. The van der Waals surface area contributed by atoms with E-state index < -0.39 is 5.91 Å². The summed E-state index contributed by atoms with van der Waals surface area (Å²) in [5.74, 6) is -0.743. The number of aromatic nitrogens is 4. The zero-order valence-electron chi connectivity index (χ0n) is 15.3. The molecule has 3 aromatic rings. The summed E-state index contributed by atoms with van der Waals surface area (Å²) < 4.78 is 8.35. The number of hydrogen-bond acceptors (Lipinski definition) is 9. The number of hydrogen-bond donors (Lipinski definition) is 4. The van der Waals surface area contributed by atoms with Gasteiger partial charge in [-0.05, 0) is 31.5 Å². The van der Waals surface area contributed by atoms with Crippen molar-refractivity contribution >= 4 is 52.0 Å². The van der Waals surface area contributed by atoms with Crippen LogP contribution in [0.25, 0.3) is 11.0 Å². The number of amides is 2. The fraction of sp³-hybridized carbons (Fsp3) is 0.294. The average Bonchev–Trinajstić information content (AvgIpc) is 3.09. The van der Waals surface area contributed by atoms with E-state index in [1.165, 1.54) is 6.20 Å². The summed E-state index contributed by atoms with van der Waals surface area (Å²) in [6, 6.07) is 5.32. The molecule has 0 fully saturated rings. The molecule has 6 N–H and O–H groups in total. The molecule has 1 aromatic carbocycles. The van der Waals surface area contributed by atoms with E-state index in [-0.39, 0.29) is 29.2 Å². The van der Waals surface area contributed by atoms with Gasteiger partial charge in [-0.25, -0.2) is 4.98 Å². The Bertz CT molecular complexity index is 1020. The van der Waals surface area contributed by atoms with Crippen molar-refractivity contribution in [3.63, 3.8) is 0 Å². The smallest absolute Gasteiger partial charge is 0.254 e. The number of nitrogens with one attached hydrogen (secondary N) is 2. The molecule has 2 heterocycles. The molecular formula is C17H20N8O2S. The molecule has 0 saturated carbocycles. The summed E-state index contributed by atoms with van der Waals surface area (Å²) in [5, 5.41) is 6.18. The summed E-state index contributed by atoms with van der Waals surface area (Å²) >= 11 is 1.12. The third-order valence-electron chi connectivity index (χ3n) is 4.14. The Kier molecular flexibility index (Phi) is 5.64. The molecule has 0 saturated heterocycles. The number of carbonyl (C=O) groups excluding carboxylic acids is 2. The van der Waals surface area contributed by atoms with Gasteiger partial charge in [0.15, 0.2) is 0 Å². The Morgan fingerprint density at radius 3 is 2.64 bits per heavy atom. The van der Waals surface area contributed by atoms with Crippen molar-refractivity contribution < 1.29 is 9.59 Å². The fourth-order valence-corrected chi connectivity index (χ4v) is 3.17. The van der Waals surface area contributed by atoms with Gasteiger partial charge < -0.3 is 22.1 Å². The molecule has 2 aromatic heterocycles. The quantitative estimate of drug-likeness (QED) is 0.443. The van der Waals surface area contributed by atoms with E-state index in [4.69, 9.17) is 11.5 Å². The van der Waals surface area contributed by atoms with Crippen LogP contribution in [0.5, 0.6) is 0 Å².